The van der Waals surface area contributed by atoms with Crippen molar-refractivity contribution in [2.24, 2.45) is 0 Å². The van der Waals surface area contributed by atoms with Crippen molar-refractivity contribution in [3.05, 3.63) is 102 Å². The summed E-state index contributed by atoms with van der Waals surface area (Å²) < 4.78 is 2.11. The topological polar surface area (TPSA) is 91.3 Å². The Labute approximate surface area is 268 Å². The molecule has 2 amide bonds. The van der Waals surface area contributed by atoms with E-state index < -0.39 is 6.04 Å². The Morgan fingerprint density at radius 2 is 1.60 bits per heavy atom. The number of hydrogen-bond acceptors (Lipinski definition) is 5. The first kappa shape index (κ1) is 33.9. The molecule has 0 unspecified atom stereocenters. The number of aryl methyl sites for hydroxylation is 1. The number of amides is 2. The zero-order valence-corrected chi connectivity index (χ0v) is 27.4. The van der Waals surface area contributed by atoms with E-state index in [0.717, 1.165) is 73.2 Å². The van der Waals surface area contributed by atoms with Crippen LogP contribution in [0.15, 0.2) is 79.1 Å². The molecule has 8 nitrogen and oxygen atoms in total. The van der Waals surface area contributed by atoms with Gasteiger partial charge in [0.15, 0.2) is 0 Å². The van der Waals surface area contributed by atoms with E-state index in [1.807, 2.05) is 61.8 Å². The van der Waals surface area contributed by atoms with E-state index in [-0.39, 0.29) is 17.9 Å². The summed E-state index contributed by atoms with van der Waals surface area (Å²) >= 11 is 0. The number of aromatic nitrogens is 2. The lowest BCUT2D eigenvalue weighted by Crippen LogP contribution is -2.47. The third-order valence-corrected chi connectivity index (χ3v) is 8.29. The van der Waals surface area contributed by atoms with Gasteiger partial charge in [0.2, 0.25) is 5.91 Å². The van der Waals surface area contributed by atoms with Crippen LogP contribution >= 0.6 is 0 Å². The number of nitrogens with one attached hydrogen (secondary N) is 3. The molecule has 1 heterocycles. The number of benzene rings is 3. The van der Waals surface area contributed by atoms with Crippen molar-refractivity contribution in [2.45, 2.75) is 85.1 Å². The largest absolute Gasteiger partial charge is 0.348 e. The van der Waals surface area contributed by atoms with Crippen LogP contribution in [0.25, 0.3) is 10.8 Å². The van der Waals surface area contributed by atoms with Crippen molar-refractivity contribution in [2.75, 3.05) is 19.6 Å². The summed E-state index contributed by atoms with van der Waals surface area (Å²) in [6.07, 6.45) is 7.38. The molecule has 1 aromatic heterocycles. The lowest BCUT2D eigenvalue weighted by Gasteiger charge is -2.25. The molecule has 0 saturated carbocycles. The van der Waals surface area contributed by atoms with E-state index in [1.54, 1.807) is 0 Å². The smallest absolute Gasteiger partial charge is 0.251 e. The van der Waals surface area contributed by atoms with Gasteiger partial charge in [0.05, 0.1) is 12.6 Å². The Kier molecular flexibility index (Phi) is 13.2. The molecule has 3 aromatic carbocycles. The third kappa shape index (κ3) is 9.74. The maximum absolute atomic E-state index is 13.7. The van der Waals surface area contributed by atoms with Crippen molar-refractivity contribution < 1.29 is 9.59 Å². The molecule has 45 heavy (non-hydrogen) atoms. The second-order valence-corrected chi connectivity index (χ2v) is 11.7. The van der Waals surface area contributed by atoms with Gasteiger partial charge >= 0.3 is 0 Å². The maximum Gasteiger partial charge on any atom is 0.251 e. The Bertz CT molecular complexity index is 1490. The normalized spacial score (nSPS) is 12.7. The Hall–Kier alpha value is -4.01. The number of rotatable bonds is 18. The van der Waals surface area contributed by atoms with Gasteiger partial charge in [-0.05, 0) is 93.2 Å². The van der Waals surface area contributed by atoms with Gasteiger partial charge < -0.3 is 25.4 Å². The average Bonchev–Trinajstić information content (AvgIpc) is 3.52. The molecule has 3 N–H and O–H groups in total. The molecule has 0 fully saturated rings. The summed E-state index contributed by atoms with van der Waals surface area (Å²) in [5, 5.41) is 11.9. The molecule has 8 heteroatoms. The van der Waals surface area contributed by atoms with Crippen LogP contribution in [-0.2, 0) is 24.4 Å². The molecule has 0 aliphatic rings. The Morgan fingerprint density at radius 1 is 0.867 bits per heavy atom. The summed E-state index contributed by atoms with van der Waals surface area (Å²) in [4.78, 5) is 34.0. The molecule has 0 aliphatic heterocycles. The monoisotopic (exact) mass is 610 g/mol. The van der Waals surface area contributed by atoms with Crippen LogP contribution in [0.3, 0.4) is 0 Å². The van der Waals surface area contributed by atoms with Gasteiger partial charge in [-0.25, -0.2) is 4.98 Å². The molecular formula is C37H50N6O2. The van der Waals surface area contributed by atoms with Gasteiger partial charge in [-0.3, -0.25) is 9.59 Å². The number of hydrogen-bond donors (Lipinski definition) is 3. The zero-order valence-electron chi connectivity index (χ0n) is 27.4. The quantitative estimate of drug-likeness (QED) is 0.124. The molecule has 4 aromatic rings. The molecule has 0 saturated heterocycles. The molecule has 0 bridgehead atoms. The van der Waals surface area contributed by atoms with Gasteiger partial charge in [0, 0.05) is 31.0 Å². The van der Waals surface area contributed by atoms with Crippen molar-refractivity contribution in [1.29, 1.82) is 0 Å². The van der Waals surface area contributed by atoms with Crippen LogP contribution < -0.4 is 16.0 Å². The number of imidazole rings is 1. The SMILES string of the molecule is CCCN(CCC)CCC[C@H](NC(=O)c1ccc(CNCc2nccn2CC)cc1)C(=O)N[C@@H](C)c1cccc2ccccc12. The third-order valence-electron chi connectivity index (χ3n) is 8.29. The number of nitrogens with zero attached hydrogens (tertiary/aromatic N) is 3. The van der Waals surface area contributed by atoms with Gasteiger partial charge in [-0.2, -0.15) is 0 Å². The van der Waals surface area contributed by atoms with E-state index in [2.05, 4.69) is 75.4 Å². The van der Waals surface area contributed by atoms with Crippen LogP contribution in [0.4, 0.5) is 0 Å². The van der Waals surface area contributed by atoms with Crippen molar-refractivity contribution in [3.8, 4) is 0 Å². The van der Waals surface area contributed by atoms with Crippen molar-refractivity contribution in [3.63, 3.8) is 0 Å². The summed E-state index contributed by atoms with van der Waals surface area (Å²) in [6, 6.07) is 21.1. The van der Waals surface area contributed by atoms with Crippen LogP contribution in [0.5, 0.6) is 0 Å². The minimum atomic E-state index is -0.635. The highest BCUT2D eigenvalue weighted by molar-refractivity contribution is 5.97. The summed E-state index contributed by atoms with van der Waals surface area (Å²) in [7, 11) is 0. The molecule has 2 atom stereocenters. The van der Waals surface area contributed by atoms with E-state index in [9.17, 15) is 9.59 Å². The zero-order chi connectivity index (χ0) is 32.0. The lowest BCUT2D eigenvalue weighted by atomic mass is 9.99. The number of fused-ring (bicyclic) bond motifs is 1. The van der Waals surface area contributed by atoms with Crippen LogP contribution in [0.1, 0.15) is 86.7 Å². The lowest BCUT2D eigenvalue weighted by molar-refractivity contribution is -0.123. The highest BCUT2D eigenvalue weighted by Crippen LogP contribution is 2.24. The minimum absolute atomic E-state index is 0.160. The first-order chi connectivity index (χ1) is 21.9. The molecule has 240 valence electrons. The van der Waals surface area contributed by atoms with Gasteiger partial charge in [-0.1, -0.05) is 68.4 Å². The maximum atomic E-state index is 13.7. The van der Waals surface area contributed by atoms with Crippen molar-refractivity contribution in [1.82, 2.24) is 30.4 Å². The molecular weight excluding hydrogens is 560 g/mol. The first-order valence-electron chi connectivity index (χ1n) is 16.5. The fourth-order valence-corrected chi connectivity index (χ4v) is 5.90. The fourth-order valence-electron chi connectivity index (χ4n) is 5.90. The highest BCUT2D eigenvalue weighted by atomic mass is 16.2. The number of carbonyl (C=O) groups excluding carboxylic acids is 2. The van der Waals surface area contributed by atoms with Crippen LogP contribution in [0, 0.1) is 0 Å². The van der Waals surface area contributed by atoms with E-state index in [4.69, 9.17) is 0 Å². The highest BCUT2D eigenvalue weighted by Gasteiger charge is 2.24. The predicted molar refractivity (Wildman–Crippen MR) is 183 cm³/mol. The van der Waals surface area contributed by atoms with E-state index >= 15 is 0 Å². The predicted octanol–water partition coefficient (Wildman–Crippen LogP) is 6.22. The average molecular weight is 611 g/mol. The second kappa shape index (κ2) is 17.5. The minimum Gasteiger partial charge on any atom is -0.348 e. The van der Waals surface area contributed by atoms with Gasteiger partial charge in [0.1, 0.15) is 11.9 Å². The van der Waals surface area contributed by atoms with Crippen molar-refractivity contribution >= 4 is 22.6 Å². The Balaban J connectivity index is 1.40. The fraction of sp³-hybridized carbons (Fsp3) is 0.432. The van der Waals surface area contributed by atoms with Gasteiger partial charge in [0.25, 0.3) is 5.91 Å². The van der Waals surface area contributed by atoms with Crippen LogP contribution in [0.2, 0.25) is 0 Å². The molecule has 4 rings (SSSR count). The Morgan fingerprint density at radius 3 is 2.33 bits per heavy atom. The number of carbonyl (C=O) groups is 2. The van der Waals surface area contributed by atoms with Crippen LogP contribution in [-0.4, -0.2) is 51.9 Å². The summed E-state index contributed by atoms with van der Waals surface area (Å²) in [5.74, 6) is 0.601. The standard InChI is InChI=1S/C37H50N6O2/c1-5-22-42(23-6-2)24-11-16-34(37(45)40-28(4)32-15-10-13-30-12-8-9-14-33(30)32)41-36(44)31-19-17-29(18-20-31)26-38-27-35-39-21-25-43(35)7-3/h8-10,12-15,17-21,25,28,34,38H,5-7,11,16,22-24,26-27H2,1-4H3,(H,40,45)(H,41,44)/t28-,34-/m0/s1. The van der Waals surface area contributed by atoms with Gasteiger partial charge in [-0.15, -0.1) is 0 Å². The van der Waals surface area contributed by atoms with E-state index in [0.29, 0.717) is 25.1 Å². The molecule has 0 radical (unpaired) electrons. The summed E-state index contributed by atoms with van der Waals surface area (Å²) in [6.45, 7) is 13.7. The summed E-state index contributed by atoms with van der Waals surface area (Å²) in [5.41, 5.74) is 2.68. The second-order valence-electron chi connectivity index (χ2n) is 11.7. The van der Waals surface area contributed by atoms with E-state index in [1.165, 1.54) is 0 Å². The molecule has 0 aliphatic carbocycles. The first-order valence-corrected chi connectivity index (χ1v) is 16.5. The molecule has 0 spiro atoms.